The van der Waals surface area contributed by atoms with Gasteiger partial charge in [0.2, 0.25) is 23.6 Å². The van der Waals surface area contributed by atoms with E-state index in [1.54, 1.807) is 0 Å². The van der Waals surface area contributed by atoms with Gasteiger partial charge in [-0.25, -0.2) is 9.59 Å². The molecule has 2 heterocycles. The van der Waals surface area contributed by atoms with E-state index >= 15 is 0 Å². The number of carbonyl (C=O) groups excluding carboxylic acids is 6. The molecule has 9 nitrogen and oxygen atoms in total. The number of ether oxygens (including phenoxy) is 1. The van der Waals surface area contributed by atoms with Crippen LogP contribution in [0.15, 0.2) is 24.3 Å². The zero-order valence-electron chi connectivity index (χ0n) is 17.0. The zero-order chi connectivity index (χ0) is 22.0. The fourth-order valence-corrected chi connectivity index (χ4v) is 7.69. The normalized spacial score (nSPS) is 45.8. The van der Waals surface area contributed by atoms with Gasteiger partial charge in [-0.3, -0.25) is 29.0 Å². The smallest absolute Gasteiger partial charge is 0.333 e. The van der Waals surface area contributed by atoms with Crippen LogP contribution in [-0.2, 0) is 33.5 Å². The summed E-state index contributed by atoms with van der Waals surface area (Å²) < 4.78 is 4.78. The summed E-state index contributed by atoms with van der Waals surface area (Å²) in [6, 6.07) is 0. The SMILES string of the molecule is O=C(CN1C(=O)[C@@H]2C3C=CC(C3)[C@@H]2C1=O)OC(=O)CN1C(=O)[C@@H]2C3C4C=CC(C43)[C@@H]2C1=O. The van der Waals surface area contributed by atoms with Gasteiger partial charge in [0.25, 0.3) is 0 Å². The fraction of sp³-hybridized carbons (Fsp3) is 0.565. The average molecular weight is 436 g/mol. The minimum atomic E-state index is -1.04. The largest absolute Gasteiger partial charge is 0.390 e. The van der Waals surface area contributed by atoms with E-state index in [9.17, 15) is 28.8 Å². The maximum atomic E-state index is 12.8. The van der Waals surface area contributed by atoms with Crippen LogP contribution in [0.2, 0.25) is 0 Å². The lowest BCUT2D eigenvalue weighted by atomic mass is 9.85. The van der Waals surface area contributed by atoms with Crippen molar-refractivity contribution in [3.05, 3.63) is 24.3 Å². The number of nitrogens with zero attached hydrogens (tertiary/aromatic N) is 2. The molecule has 4 amide bonds. The van der Waals surface area contributed by atoms with Crippen LogP contribution < -0.4 is 0 Å². The fourth-order valence-electron chi connectivity index (χ4n) is 7.69. The molecule has 0 radical (unpaired) electrons. The first kappa shape index (κ1) is 18.5. The van der Waals surface area contributed by atoms with Crippen molar-refractivity contribution in [1.29, 1.82) is 0 Å². The summed E-state index contributed by atoms with van der Waals surface area (Å²) in [5.74, 6) is -4.26. The van der Waals surface area contributed by atoms with Gasteiger partial charge >= 0.3 is 11.9 Å². The van der Waals surface area contributed by atoms with Gasteiger partial charge in [-0.15, -0.1) is 0 Å². The van der Waals surface area contributed by atoms with Crippen molar-refractivity contribution in [2.75, 3.05) is 13.1 Å². The third-order valence-corrected chi connectivity index (χ3v) is 8.87. The lowest BCUT2D eigenvalue weighted by Crippen LogP contribution is -2.41. The number of imide groups is 2. The molecule has 9 heteroatoms. The molecule has 5 aliphatic carbocycles. The number of rotatable bonds is 4. The highest BCUT2D eigenvalue weighted by Gasteiger charge is 2.74. The first-order valence-corrected chi connectivity index (χ1v) is 11.2. The molecule has 3 saturated carbocycles. The maximum Gasteiger partial charge on any atom is 0.333 e. The molecule has 0 spiro atoms. The molecule has 0 aromatic carbocycles. The van der Waals surface area contributed by atoms with Crippen molar-refractivity contribution < 1.29 is 33.5 Å². The minimum absolute atomic E-state index is 0.0203. The van der Waals surface area contributed by atoms with E-state index in [2.05, 4.69) is 6.08 Å². The van der Waals surface area contributed by atoms with Crippen LogP contribution in [0.4, 0.5) is 0 Å². The molecule has 5 fully saturated rings. The maximum absolute atomic E-state index is 12.8. The number of likely N-dealkylation sites (tertiary alicyclic amines) is 2. The number of esters is 2. The quantitative estimate of drug-likeness (QED) is 0.253. The van der Waals surface area contributed by atoms with Crippen LogP contribution in [0.25, 0.3) is 0 Å². The summed E-state index contributed by atoms with van der Waals surface area (Å²) in [7, 11) is 0. The summed E-state index contributed by atoms with van der Waals surface area (Å²) >= 11 is 0. The van der Waals surface area contributed by atoms with Crippen molar-refractivity contribution in [2.45, 2.75) is 6.42 Å². The Morgan fingerprint density at radius 2 is 1.19 bits per heavy atom. The van der Waals surface area contributed by atoms with Crippen LogP contribution in [-0.4, -0.2) is 58.5 Å². The number of amides is 4. The highest BCUT2D eigenvalue weighted by Crippen LogP contribution is 2.71. The summed E-state index contributed by atoms with van der Waals surface area (Å²) in [5, 5.41) is 0. The van der Waals surface area contributed by atoms with E-state index < -0.39 is 54.6 Å². The Labute approximate surface area is 182 Å². The molecule has 164 valence electrons. The molecule has 2 bridgehead atoms. The van der Waals surface area contributed by atoms with Crippen molar-refractivity contribution in [3.8, 4) is 0 Å². The summed E-state index contributed by atoms with van der Waals surface area (Å²) in [6.07, 6.45) is 8.78. The first-order chi connectivity index (χ1) is 15.4. The molecular weight excluding hydrogens is 416 g/mol. The third kappa shape index (κ3) is 2.09. The molecule has 7 aliphatic rings. The predicted octanol–water partition coefficient (Wildman–Crippen LogP) is -0.474. The Kier molecular flexibility index (Phi) is 3.36. The van der Waals surface area contributed by atoms with Gasteiger partial charge in [-0.05, 0) is 41.9 Å². The van der Waals surface area contributed by atoms with Crippen LogP contribution in [0.5, 0.6) is 0 Å². The molecule has 10 atom stereocenters. The lowest BCUT2D eigenvalue weighted by Gasteiger charge is -2.18. The van der Waals surface area contributed by atoms with Crippen LogP contribution in [0.1, 0.15) is 6.42 Å². The summed E-state index contributed by atoms with van der Waals surface area (Å²) in [4.78, 5) is 77.3. The van der Waals surface area contributed by atoms with Gasteiger partial charge in [0.1, 0.15) is 13.1 Å². The summed E-state index contributed by atoms with van der Waals surface area (Å²) in [6.45, 7) is -1.27. The average Bonchev–Trinajstić information content (AvgIpc) is 3.32. The van der Waals surface area contributed by atoms with Gasteiger partial charge in [-0.1, -0.05) is 24.3 Å². The van der Waals surface area contributed by atoms with Crippen LogP contribution in [0.3, 0.4) is 0 Å². The Morgan fingerprint density at radius 1 is 0.688 bits per heavy atom. The molecular formula is C23H20N2O7. The van der Waals surface area contributed by atoms with Gasteiger partial charge in [0.05, 0.1) is 23.7 Å². The highest BCUT2D eigenvalue weighted by atomic mass is 16.6. The molecule has 2 aliphatic heterocycles. The molecule has 2 saturated heterocycles. The molecule has 32 heavy (non-hydrogen) atoms. The highest BCUT2D eigenvalue weighted by molar-refractivity contribution is 6.10. The van der Waals surface area contributed by atoms with E-state index in [4.69, 9.17) is 4.74 Å². The zero-order valence-corrected chi connectivity index (χ0v) is 17.0. The van der Waals surface area contributed by atoms with Crippen molar-refractivity contribution in [2.24, 2.45) is 59.2 Å². The molecule has 0 N–H and O–H groups in total. The Hall–Kier alpha value is -3.10. The lowest BCUT2D eigenvalue weighted by molar-refractivity contribution is -0.166. The predicted molar refractivity (Wildman–Crippen MR) is 102 cm³/mol. The second kappa shape index (κ2) is 5.82. The van der Waals surface area contributed by atoms with E-state index in [1.165, 1.54) is 0 Å². The number of allylic oxidation sites excluding steroid dienone is 4. The van der Waals surface area contributed by atoms with E-state index in [-0.39, 0.29) is 41.4 Å². The number of hydrogen-bond donors (Lipinski definition) is 0. The second-order valence-corrected chi connectivity index (χ2v) is 10.1. The number of hydrogen-bond acceptors (Lipinski definition) is 7. The van der Waals surface area contributed by atoms with Gasteiger partial charge < -0.3 is 4.74 Å². The first-order valence-electron chi connectivity index (χ1n) is 11.2. The van der Waals surface area contributed by atoms with E-state index in [0.717, 1.165) is 16.2 Å². The van der Waals surface area contributed by atoms with Crippen molar-refractivity contribution >= 4 is 35.6 Å². The number of fused-ring (bicyclic) bond motifs is 9. The monoisotopic (exact) mass is 436 g/mol. The molecule has 0 aromatic rings. The molecule has 0 aromatic heterocycles. The second-order valence-electron chi connectivity index (χ2n) is 10.1. The number of carbonyl (C=O) groups is 6. The minimum Gasteiger partial charge on any atom is -0.390 e. The molecule has 6 unspecified atom stereocenters. The van der Waals surface area contributed by atoms with Crippen LogP contribution >= 0.6 is 0 Å². The van der Waals surface area contributed by atoms with Crippen molar-refractivity contribution in [3.63, 3.8) is 0 Å². The van der Waals surface area contributed by atoms with E-state index in [1.807, 2.05) is 18.2 Å². The Morgan fingerprint density at radius 3 is 1.78 bits per heavy atom. The van der Waals surface area contributed by atoms with Gasteiger partial charge in [0.15, 0.2) is 0 Å². The molecule has 7 rings (SSSR count). The van der Waals surface area contributed by atoms with Gasteiger partial charge in [0, 0.05) is 0 Å². The Bertz CT molecular complexity index is 1080. The van der Waals surface area contributed by atoms with Gasteiger partial charge in [-0.2, -0.15) is 0 Å². The Balaban J connectivity index is 0.988. The summed E-state index contributed by atoms with van der Waals surface area (Å²) in [5.41, 5.74) is 0. The van der Waals surface area contributed by atoms with Crippen LogP contribution in [0, 0.1) is 59.2 Å². The third-order valence-electron chi connectivity index (χ3n) is 8.87. The standard InChI is InChI=1S/C23H20N2O7/c26-12(6-24-20(28)14-8-1-2-9(5-8)15(14)21(24)29)32-13(27)7-25-22(30)18-11-4-3-10-16(11)17(10)19(18)23(25)31/h1-4,8-11,14-19H,5-7H2/t8?,9?,10?,11?,14-,15+,16?,17?,18-,19+/m0/s1. The van der Waals surface area contributed by atoms with Crippen molar-refractivity contribution in [1.82, 2.24) is 9.80 Å². The van der Waals surface area contributed by atoms with E-state index in [0.29, 0.717) is 11.8 Å². The topological polar surface area (TPSA) is 118 Å².